The number of hydrogen-bond donors (Lipinski definition) is 3. The Kier molecular flexibility index (Phi) is 5.63. The molecule has 1 amide bonds. The number of hydrogen-bond acceptors (Lipinski definition) is 5. The number of aliphatic hydroxyl groups is 1. The minimum absolute atomic E-state index is 0.00622. The number of rotatable bonds is 5. The molecule has 28 heavy (non-hydrogen) atoms. The van der Waals surface area contributed by atoms with Gasteiger partial charge in [0.1, 0.15) is 11.5 Å². The number of aliphatic hydroxyl groups excluding tert-OH is 1. The number of amides is 1. The van der Waals surface area contributed by atoms with Gasteiger partial charge in [-0.3, -0.25) is 4.79 Å². The van der Waals surface area contributed by atoms with Crippen LogP contribution in [0.5, 0.6) is 11.5 Å². The van der Waals surface area contributed by atoms with Crippen LogP contribution in [0.1, 0.15) is 58.5 Å². The van der Waals surface area contributed by atoms with Gasteiger partial charge < -0.3 is 25.1 Å². The molecule has 0 bridgehead atoms. The molecule has 0 saturated carbocycles. The van der Waals surface area contributed by atoms with Gasteiger partial charge in [-0.2, -0.15) is 0 Å². The van der Waals surface area contributed by atoms with Crippen LogP contribution in [0.2, 0.25) is 0 Å². The normalized spacial score (nSPS) is 14.6. The lowest BCUT2D eigenvalue weighted by atomic mass is 9.98. The number of nitrogens with zero attached hydrogens (tertiary/aromatic N) is 2. The SMILES string of the molecule is CC(C)c1cc(C(=O)N2Cc3ccc(C(O)CN(C)C)cc3C2)c(O)cc1O. The van der Waals surface area contributed by atoms with Crippen LogP contribution in [0.3, 0.4) is 0 Å². The third-order valence-electron chi connectivity index (χ3n) is 5.16. The summed E-state index contributed by atoms with van der Waals surface area (Å²) in [5.74, 6) is -0.465. The first kappa shape index (κ1) is 20.2. The summed E-state index contributed by atoms with van der Waals surface area (Å²) in [7, 11) is 3.82. The molecule has 1 unspecified atom stereocenters. The Hall–Kier alpha value is -2.57. The summed E-state index contributed by atoms with van der Waals surface area (Å²) in [6.07, 6.45) is -0.584. The lowest BCUT2D eigenvalue weighted by Gasteiger charge is -2.18. The Labute approximate surface area is 165 Å². The van der Waals surface area contributed by atoms with Gasteiger partial charge in [-0.05, 0) is 48.3 Å². The molecule has 2 aromatic carbocycles. The van der Waals surface area contributed by atoms with Crippen LogP contribution in [0.15, 0.2) is 30.3 Å². The monoisotopic (exact) mass is 384 g/mol. The standard InChI is InChI=1S/C22H28N2O4/c1-13(2)17-8-18(20(26)9-19(17)25)22(28)24-10-15-6-5-14(7-16(15)11-24)21(27)12-23(3)4/h5-9,13,21,25-27H,10-12H2,1-4H3. The van der Waals surface area contributed by atoms with Crippen molar-refractivity contribution in [2.24, 2.45) is 0 Å². The number of phenols is 2. The third-order valence-corrected chi connectivity index (χ3v) is 5.16. The zero-order chi connectivity index (χ0) is 20.6. The van der Waals surface area contributed by atoms with E-state index in [0.717, 1.165) is 16.7 Å². The van der Waals surface area contributed by atoms with Crippen molar-refractivity contribution in [3.05, 3.63) is 58.1 Å². The van der Waals surface area contributed by atoms with Gasteiger partial charge in [0.05, 0.1) is 11.7 Å². The fourth-order valence-electron chi connectivity index (χ4n) is 3.61. The average Bonchev–Trinajstić information content (AvgIpc) is 3.03. The highest BCUT2D eigenvalue weighted by Crippen LogP contribution is 2.34. The van der Waals surface area contributed by atoms with Crippen molar-refractivity contribution in [1.82, 2.24) is 9.80 Å². The smallest absolute Gasteiger partial charge is 0.258 e. The van der Waals surface area contributed by atoms with E-state index in [1.807, 2.05) is 51.0 Å². The molecule has 6 heteroatoms. The van der Waals surface area contributed by atoms with Crippen LogP contribution in [0, 0.1) is 0 Å². The van der Waals surface area contributed by atoms with Crippen molar-refractivity contribution in [3.63, 3.8) is 0 Å². The molecule has 6 nitrogen and oxygen atoms in total. The molecule has 0 saturated heterocycles. The number of carbonyl (C=O) groups excluding carboxylic acids is 1. The van der Waals surface area contributed by atoms with Gasteiger partial charge in [0.25, 0.3) is 5.91 Å². The molecule has 3 N–H and O–H groups in total. The molecule has 1 aliphatic rings. The minimum Gasteiger partial charge on any atom is -0.508 e. The predicted molar refractivity (Wildman–Crippen MR) is 107 cm³/mol. The second kappa shape index (κ2) is 7.81. The molecule has 2 aromatic rings. The largest absolute Gasteiger partial charge is 0.508 e. The van der Waals surface area contributed by atoms with E-state index in [-0.39, 0.29) is 28.9 Å². The Bertz CT molecular complexity index is 892. The second-order valence-electron chi connectivity index (χ2n) is 8.05. The molecule has 0 aliphatic carbocycles. The number of benzene rings is 2. The Morgan fingerprint density at radius 2 is 1.75 bits per heavy atom. The van der Waals surface area contributed by atoms with Crippen molar-refractivity contribution in [3.8, 4) is 11.5 Å². The van der Waals surface area contributed by atoms with Crippen molar-refractivity contribution < 1.29 is 20.1 Å². The van der Waals surface area contributed by atoms with Crippen LogP contribution < -0.4 is 0 Å². The average molecular weight is 384 g/mol. The molecular weight excluding hydrogens is 356 g/mol. The minimum atomic E-state index is -0.584. The van der Waals surface area contributed by atoms with Crippen LogP contribution in [0.25, 0.3) is 0 Å². The van der Waals surface area contributed by atoms with E-state index in [4.69, 9.17) is 0 Å². The van der Waals surface area contributed by atoms with Crippen molar-refractivity contribution in [2.45, 2.75) is 39.0 Å². The van der Waals surface area contributed by atoms with Gasteiger partial charge in [0.15, 0.2) is 0 Å². The first-order valence-corrected chi connectivity index (χ1v) is 9.47. The van der Waals surface area contributed by atoms with Crippen LogP contribution in [-0.4, -0.2) is 51.7 Å². The lowest BCUT2D eigenvalue weighted by Crippen LogP contribution is -2.25. The molecule has 150 valence electrons. The number of carbonyl (C=O) groups is 1. The summed E-state index contributed by atoms with van der Waals surface area (Å²) in [6.45, 7) is 5.25. The van der Waals surface area contributed by atoms with E-state index in [2.05, 4.69) is 0 Å². The molecule has 0 fully saturated rings. The van der Waals surface area contributed by atoms with Crippen LogP contribution in [0.4, 0.5) is 0 Å². The molecule has 0 spiro atoms. The van der Waals surface area contributed by atoms with Crippen molar-refractivity contribution >= 4 is 5.91 Å². The van der Waals surface area contributed by atoms with E-state index >= 15 is 0 Å². The Morgan fingerprint density at radius 3 is 2.39 bits per heavy atom. The fraction of sp³-hybridized carbons (Fsp3) is 0.409. The van der Waals surface area contributed by atoms with Gasteiger partial charge in [-0.15, -0.1) is 0 Å². The van der Waals surface area contributed by atoms with E-state index in [1.165, 1.54) is 6.07 Å². The highest BCUT2D eigenvalue weighted by Gasteiger charge is 2.28. The topological polar surface area (TPSA) is 84.2 Å². The highest BCUT2D eigenvalue weighted by atomic mass is 16.3. The Balaban J connectivity index is 1.82. The summed E-state index contributed by atoms with van der Waals surface area (Å²) in [4.78, 5) is 16.6. The predicted octanol–water partition coefficient (Wildman–Crippen LogP) is 2.97. The zero-order valence-electron chi connectivity index (χ0n) is 16.8. The van der Waals surface area contributed by atoms with Crippen molar-refractivity contribution in [2.75, 3.05) is 20.6 Å². The molecule has 0 radical (unpaired) electrons. The summed E-state index contributed by atoms with van der Waals surface area (Å²) >= 11 is 0. The summed E-state index contributed by atoms with van der Waals surface area (Å²) in [6, 6.07) is 8.62. The summed E-state index contributed by atoms with van der Waals surface area (Å²) in [5.41, 5.74) is 3.70. The maximum Gasteiger partial charge on any atom is 0.258 e. The fourth-order valence-corrected chi connectivity index (χ4v) is 3.61. The summed E-state index contributed by atoms with van der Waals surface area (Å²) in [5, 5.41) is 30.6. The van der Waals surface area contributed by atoms with Gasteiger partial charge in [0, 0.05) is 25.7 Å². The van der Waals surface area contributed by atoms with Gasteiger partial charge in [-0.1, -0.05) is 32.0 Å². The van der Waals surface area contributed by atoms with Gasteiger partial charge >= 0.3 is 0 Å². The number of phenolic OH excluding ortho intramolecular Hbond substituents is 2. The third kappa shape index (κ3) is 3.98. The van der Waals surface area contributed by atoms with E-state index in [1.54, 1.807) is 11.0 Å². The zero-order valence-corrected chi connectivity index (χ0v) is 16.8. The Morgan fingerprint density at radius 1 is 1.07 bits per heavy atom. The quantitative estimate of drug-likeness (QED) is 0.738. The van der Waals surface area contributed by atoms with Gasteiger partial charge in [-0.25, -0.2) is 0 Å². The first-order chi connectivity index (χ1) is 13.2. The second-order valence-corrected chi connectivity index (χ2v) is 8.05. The van der Waals surface area contributed by atoms with E-state index in [0.29, 0.717) is 25.2 Å². The summed E-state index contributed by atoms with van der Waals surface area (Å²) < 4.78 is 0. The molecule has 0 aromatic heterocycles. The van der Waals surface area contributed by atoms with Crippen molar-refractivity contribution in [1.29, 1.82) is 0 Å². The van der Waals surface area contributed by atoms with E-state index < -0.39 is 6.10 Å². The maximum atomic E-state index is 13.0. The molecule has 1 aliphatic heterocycles. The maximum absolute atomic E-state index is 13.0. The number of fused-ring (bicyclic) bond motifs is 1. The number of likely N-dealkylation sites (N-methyl/N-ethyl adjacent to an activating group) is 1. The van der Waals surface area contributed by atoms with Crippen LogP contribution in [-0.2, 0) is 13.1 Å². The molecule has 1 atom stereocenters. The number of aromatic hydroxyl groups is 2. The van der Waals surface area contributed by atoms with Gasteiger partial charge in [0.2, 0.25) is 0 Å². The van der Waals surface area contributed by atoms with E-state index in [9.17, 15) is 20.1 Å². The molecule has 3 rings (SSSR count). The lowest BCUT2D eigenvalue weighted by molar-refractivity contribution is 0.0748. The molecule has 1 heterocycles. The van der Waals surface area contributed by atoms with Crippen LogP contribution >= 0.6 is 0 Å². The molecular formula is C22H28N2O4. The first-order valence-electron chi connectivity index (χ1n) is 9.47. The highest BCUT2D eigenvalue weighted by molar-refractivity contribution is 5.97.